The van der Waals surface area contributed by atoms with Gasteiger partial charge in [-0.3, -0.25) is 9.59 Å². The highest BCUT2D eigenvalue weighted by Gasteiger charge is 2.29. The molecule has 2 aromatic rings. The first-order valence-corrected chi connectivity index (χ1v) is 8.10. The average Bonchev–Trinajstić information content (AvgIpc) is 2.88. The summed E-state index contributed by atoms with van der Waals surface area (Å²) in [5.74, 6) is -0.0905. The van der Waals surface area contributed by atoms with Gasteiger partial charge in [0, 0.05) is 35.5 Å². The molecule has 0 spiro atoms. The minimum absolute atomic E-state index is 0.0300. The van der Waals surface area contributed by atoms with Gasteiger partial charge in [-0.25, -0.2) is 0 Å². The monoisotopic (exact) mass is 314 g/mol. The van der Waals surface area contributed by atoms with E-state index in [4.69, 9.17) is 0 Å². The van der Waals surface area contributed by atoms with Crippen molar-refractivity contribution in [1.82, 2.24) is 4.57 Å². The Bertz CT molecular complexity index is 751. The lowest BCUT2D eigenvalue weighted by Crippen LogP contribution is -2.39. The van der Waals surface area contributed by atoms with Crippen molar-refractivity contribution in [1.29, 1.82) is 0 Å². The first-order chi connectivity index (χ1) is 10.5. The van der Waals surface area contributed by atoms with E-state index in [1.54, 1.807) is 35.6 Å². The summed E-state index contributed by atoms with van der Waals surface area (Å²) in [6.45, 7) is 4.30. The Morgan fingerprint density at radius 2 is 2.00 bits per heavy atom. The summed E-state index contributed by atoms with van der Waals surface area (Å²) in [5.41, 5.74) is 2.05. The lowest BCUT2D eigenvalue weighted by Gasteiger charge is -2.32. The molecule has 0 bridgehead atoms. The third-order valence-corrected chi connectivity index (χ3v) is 4.95. The molecule has 1 aliphatic rings. The number of ketones is 1. The first-order valence-electron chi connectivity index (χ1n) is 7.22. The molecular weight excluding hydrogens is 296 g/mol. The van der Waals surface area contributed by atoms with Gasteiger partial charge >= 0.3 is 0 Å². The van der Waals surface area contributed by atoms with Crippen molar-refractivity contribution in [2.24, 2.45) is 7.05 Å². The number of carbonyl (C=O) groups is 2. The molecule has 1 aliphatic heterocycles. The number of nitrogens with zero attached hydrogens (tertiary/aromatic N) is 2. The van der Waals surface area contributed by atoms with E-state index in [0.29, 0.717) is 23.1 Å². The van der Waals surface area contributed by atoms with E-state index < -0.39 is 0 Å². The number of aryl methyl sites for hydroxylation is 1. The molecule has 0 aliphatic carbocycles. The molecule has 1 aromatic carbocycles. The maximum atomic E-state index is 12.9. The molecule has 5 heteroatoms. The van der Waals surface area contributed by atoms with Gasteiger partial charge in [-0.2, -0.15) is 0 Å². The smallest absolute Gasteiger partial charge is 0.274 e. The maximum absolute atomic E-state index is 12.9. The van der Waals surface area contributed by atoms with Crippen molar-refractivity contribution >= 4 is 29.1 Å². The highest BCUT2D eigenvalue weighted by atomic mass is 32.2. The number of rotatable bonds is 2. The number of hydrogen-bond acceptors (Lipinski definition) is 3. The second-order valence-electron chi connectivity index (χ2n) is 5.59. The molecule has 3 rings (SSSR count). The highest BCUT2D eigenvalue weighted by molar-refractivity contribution is 8.00. The summed E-state index contributed by atoms with van der Waals surface area (Å²) in [7, 11) is 1.80. The van der Waals surface area contributed by atoms with Gasteiger partial charge in [-0.15, -0.1) is 11.8 Å². The molecule has 0 fully saturated rings. The van der Waals surface area contributed by atoms with Crippen LogP contribution in [0.5, 0.6) is 0 Å². The first kappa shape index (κ1) is 14.9. The SMILES string of the molecule is CC(=O)c1cc(C(=O)N2CC(C)Sc3ccccc32)n(C)c1. The number of fused-ring (bicyclic) bond motifs is 1. The van der Waals surface area contributed by atoms with E-state index in [2.05, 4.69) is 6.92 Å². The summed E-state index contributed by atoms with van der Waals surface area (Å²) < 4.78 is 1.73. The third-order valence-electron chi connectivity index (χ3n) is 3.80. The van der Waals surface area contributed by atoms with Crippen LogP contribution in [0.4, 0.5) is 5.69 Å². The molecule has 1 atom stereocenters. The number of benzene rings is 1. The molecule has 1 aromatic heterocycles. The predicted molar refractivity (Wildman–Crippen MR) is 88.9 cm³/mol. The van der Waals surface area contributed by atoms with Crippen LogP contribution in [0, 0.1) is 0 Å². The van der Waals surface area contributed by atoms with Gasteiger partial charge in [-0.1, -0.05) is 19.1 Å². The van der Waals surface area contributed by atoms with Crippen LogP contribution in [0.1, 0.15) is 34.7 Å². The second-order valence-corrected chi connectivity index (χ2v) is 7.07. The standard InChI is InChI=1S/C17H18N2O2S/c1-11-9-19(14-6-4-5-7-16(14)22-11)17(21)15-8-13(12(2)20)10-18(15)3/h4-8,10-11H,9H2,1-3H3. The highest BCUT2D eigenvalue weighted by Crippen LogP contribution is 2.38. The molecule has 2 heterocycles. The molecule has 0 radical (unpaired) electrons. The Morgan fingerprint density at radius 1 is 1.27 bits per heavy atom. The van der Waals surface area contributed by atoms with Crippen LogP contribution >= 0.6 is 11.8 Å². The molecule has 0 saturated carbocycles. The normalized spacial score (nSPS) is 17.2. The molecular formula is C17H18N2O2S. The van der Waals surface area contributed by atoms with Crippen LogP contribution < -0.4 is 4.90 Å². The largest absolute Gasteiger partial charge is 0.346 e. The van der Waals surface area contributed by atoms with E-state index in [0.717, 1.165) is 10.6 Å². The summed E-state index contributed by atoms with van der Waals surface area (Å²) >= 11 is 1.79. The lowest BCUT2D eigenvalue weighted by atomic mass is 10.2. The van der Waals surface area contributed by atoms with Crippen LogP contribution in [0.3, 0.4) is 0 Å². The minimum atomic E-state index is -0.0606. The van der Waals surface area contributed by atoms with Crippen molar-refractivity contribution in [2.45, 2.75) is 24.0 Å². The van der Waals surface area contributed by atoms with Crippen molar-refractivity contribution in [3.8, 4) is 0 Å². The number of Topliss-reactive ketones (excluding diaryl/α,β-unsaturated/α-hetero) is 1. The topological polar surface area (TPSA) is 42.3 Å². The molecule has 4 nitrogen and oxygen atoms in total. The number of carbonyl (C=O) groups excluding carboxylic acids is 2. The van der Waals surface area contributed by atoms with Crippen LogP contribution in [0.2, 0.25) is 0 Å². The van der Waals surface area contributed by atoms with Crippen molar-refractivity contribution < 1.29 is 9.59 Å². The number of para-hydroxylation sites is 1. The number of hydrogen-bond donors (Lipinski definition) is 0. The zero-order valence-electron chi connectivity index (χ0n) is 12.9. The van der Waals surface area contributed by atoms with Crippen molar-refractivity contribution in [2.75, 3.05) is 11.4 Å². The van der Waals surface area contributed by atoms with Gasteiger partial charge in [0.2, 0.25) is 0 Å². The summed E-state index contributed by atoms with van der Waals surface area (Å²) in [5, 5.41) is 0.339. The van der Waals surface area contributed by atoms with Gasteiger partial charge in [-0.05, 0) is 25.1 Å². The van der Waals surface area contributed by atoms with Gasteiger partial charge in [0.15, 0.2) is 5.78 Å². The fourth-order valence-corrected chi connectivity index (χ4v) is 3.80. The molecule has 114 valence electrons. The summed E-state index contributed by atoms with van der Waals surface area (Å²) in [4.78, 5) is 27.4. The van der Waals surface area contributed by atoms with E-state index in [1.165, 1.54) is 6.92 Å². The second kappa shape index (κ2) is 5.65. The lowest BCUT2D eigenvalue weighted by molar-refractivity contribution is 0.0978. The average molecular weight is 314 g/mol. The molecule has 1 unspecified atom stereocenters. The Balaban J connectivity index is 2.01. The van der Waals surface area contributed by atoms with E-state index in [1.807, 2.05) is 29.2 Å². The quantitative estimate of drug-likeness (QED) is 0.798. The number of aromatic nitrogens is 1. The number of amides is 1. The Morgan fingerprint density at radius 3 is 2.68 bits per heavy atom. The molecule has 0 N–H and O–H groups in total. The van der Waals surface area contributed by atoms with E-state index in [9.17, 15) is 9.59 Å². The van der Waals surface area contributed by atoms with Crippen LogP contribution in [0.25, 0.3) is 0 Å². The third kappa shape index (κ3) is 2.57. The number of thioether (sulfide) groups is 1. The van der Waals surface area contributed by atoms with Crippen LogP contribution in [-0.2, 0) is 7.05 Å². The summed E-state index contributed by atoms with van der Waals surface area (Å²) in [6, 6.07) is 9.63. The predicted octanol–water partition coefficient (Wildman–Crippen LogP) is 3.37. The van der Waals surface area contributed by atoms with Gasteiger partial charge in [0.05, 0.1) is 5.69 Å². The molecule has 22 heavy (non-hydrogen) atoms. The fourth-order valence-electron chi connectivity index (χ4n) is 2.69. The zero-order chi connectivity index (χ0) is 15.9. The van der Waals surface area contributed by atoms with Gasteiger partial charge in [0.25, 0.3) is 5.91 Å². The zero-order valence-corrected chi connectivity index (χ0v) is 13.7. The Hall–Kier alpha value is -2.01. The molecule has 0 saturated heterocycles. The Labute approximate surface area is 134 Å². The molecule has 1 amide bonds. The summed E-state index contributed by atoms with van der Waals surface area (Å²) in [6.07, 6.45) is 1.71. The van der Waals surface area contributed by atoms with Gasteiger partial charge in [0.1, 0.15) is 5.69 Å². The van der Waals surface area contributed by atoms with Gasteiger partial charge < -0.3 is 9.47 Å². The van der Waals surface area contributed by atoms with Crippen molar-refractivity contribution in [3.05, 3.63) is 47.8 Å². The van der Waals surface area contributed by atoms with E-state index >= 15 is 0 Å². The van der Waals surface area contributed by atoms with Crippen LogP contribution in [-0.4, -0.2) is 28.1 Å². The number of anilines is 1. The Kier molecular flexibility index (Phi) is 3.83. The van der Waals surface area contributed by atoms with Crippen LogP contribution in [0.15, 0.2) is 41.4 Å². The van der Waals surface area contributed by atoms with Crippen molar-refractivity contribution in [3.63, 3.8) is 0 Å². The maximum Gasteiger partial charge on any atom is 0.274 e. The van der Waals surface area contributed by atoms with E-state index in [-0.39, 0.29) is 11.7 Å². The fraction of sp³-hybridized carbons (Fsp3) is 0.294. The minimum Gasteiger partial charge on any atom is -0.346 e.